The molecule has 2 saturated heterocycles. The molecule has 1 unspecified atom stereocenters. The number of β-amino-alcohol motifs (C(OH)–C–C–N with tert-alkyl or cyclic N) is 1. The van der Waals surface area contributed by atoms with Crippen LogP contribution in [0, 0.1) is 18.8 Å². The van der Waals surface area contributed by atoms with E-state index < -0.39 is 22.6 Å². The van der Waals surface area contributed by atoms with E-state index in [1.807, 2.05) is 55.2 Å². The monoisotopic (exact) mass is 515 g/mol. The van der Waals surface area contributed by atoms with Crippen molar-refractivity contribution in [3.8, 4) is 0 Å². The van der Waals surface area contributed by atoms with Gasteiger partial charge in [0, 0.05) is 31.4 Å². The average molecular weight is 516 g/mol. The Morgan fingerprint density at radius 2 is 1.91 bits per heavy atom. The summed E-state index contributed by atoms with van der Waals surface area (Å²) < 4.78 is -0.891. The van der Waals surface area contributed by atoms with Crippen molar-refractivity contribution in [2.45, 2.75) is 36.3 Å². The minimum Gasteiger partial charge on any atom is -0.395 e. The Bertz CT molecular complexity index is 1100. The van der Waals surface area contributed by atoms with Crippen LogP contribution in [0.25, 0.3) is 0 Å². The molecule has 1 aromatic rings. The minimum absolute atomic E-state index is 0.0296. The number of aliphatic hydroxyl groups excluding tert-OH is 1. The Morgan fingerprint density at radius 1 is 1.11 bits per heavy atom. The van der Waals surface area contributed by atoms with Crippen molar-refractivity contribution < 1.29 is 19.5 Å². The Balaban J connectivity index is 1.62. The lowest BCUT2D eigenvalue weighted by Gasteiger charge is -2.35. The second kappa shape index (κ2) is 9.30. The normalized spacial score (nSPS) is 32.0. The first-order valence-electron chi connectivity index (χ1n) is 12.1. The van der Waals surface area contributed by atoms with Gasteiger partial charge in [0.1, 0.15) is 6.04 Å². The number of halogens is 1. The lowest BCUT2D eigenvalue weighted by Crippen LogP contribution is -2.54. The first-order valence-corrected chi connectivity index (χ1v) is 13.4. The number of likely N-dealkylation sites (tertiary alicyclic amines) is 1. The van der Waals surface area contributed by atoms with Gasteiger partial charge in [-0.1, -0.05) is 55.0 Å². The first-order chi connectivity index (χ1) is 16.9. The molecule has 0 aromatic heterocycles. The van der Waals surface area contributed by atoms with Crippen molar-refractivity contribution >= 4 is 46.8 Å². The van der Waals surface area contributed by atoms with E-state index in [0.29, 0.717) is 30.3 Å². The van der Waals surface area contributed by atoms with Crippen molar-refractivity contribution in [3.63, 3.8) is 0 Å². The van der Waals surface area contributed by atoms with Gasteiger partial charge in [0.15, 0.2) is 0 Å². The van der Waals surface area contributed by atoms with Crippen LogP contribution in [-0.4, -0.2) is 81.5 Å². The minimum atomic E-state index is -0.891. The molecule has 1 aromatic carbocycles. The molecular formula is C26H30ClN3O4S. The number of nitrogens with zero attached hydrogens (tertiary/aromatic N) is 3. The van der Waals surface area contributed by atoms with E-state index in [2.05, 4.69) is 0 Å². The quantitative estimate of drug-likeness (QED) is 0.610. The molecule has 4 aliphatic heterocycles. The number of rotatable bonds is 5. The fourth-order valence-corrected chi connectivity index (χ4v) is 8.50. The maximum Gasteiger partial charge on any atom is 0.251 e. The summed E-state index contributed by atoms with van der Waals surface area (Å²) in [6.45, 7) is 5.19. The Hall–Kier alpha value is -2.29. The largest absolute Gasteiger partial charge is 0.395 e. The second-order valence-electron chi connectivity index (χ2n) is 9.57. The van der Waals surface area contributed by atoms with Crippen LogP contribution in [0.1, 0.15) is 18.9 Å². The fourth-order valence-electron chi connectivity index (χ4n) is 6.17. The summed E-state index contributed by atoms with van der Waals surface area (Å²) in [5.74, 6) is -1.72. The summed E-state index contributed by atoms with van der Waals surface area (Å²) in [7, 11) is 0. The van der Waals surface area contributed by atoms with Gasteiger partial charge >= 0.3 is 0 Å². The molecule has 4 heterocycles. The topological polar surface area (TPSA) is 81.2 Å². The molecule has 5 atom stereocenters. The molecule has 1 spiro atoms. The summed E-state index contributed by atoms with van der Waals surface area (Å²) in [5, 5.41) is 10.1. The van der Waals surface area contributed by atoms with E-state index in [1.54, 1.807) is 22.7 Å². The van der Waals surface area contributed by atoms with Gasteiger partial charge in [-0.05, 0) is 25.0 Å². The molecule has 1 N–H and O–H groups in total. The maximum atomic E-state index is 14.2. The molecule has 0 radical (unpaired) electrons. The number of fused-ring (bicyclic) bond motifs is 2. The van der Waals surface area contributed by atoms with Gasteiger partial charge in [0.2, 0.25) is 11.8 Å². The highest BCUT2D eigenvalue weighted by molar-refractivity contribution is 8.02. The summed E-state index contributed by atoms with van der Waals surface area (Å²) in [6, 6.07) is 4.67. The summed E-state index contributed by atoms with van der Waals surface area (Å²) in [6.07, 6.45) is 8.79. The van der Waals surface area contributed by atoms with E-state index in [1.165, 1.54) is 4.90 Å². The van der Waals surface area contributed by atoms with Gasteiger partial charge in [0.05, 0.1) is 33.9 Å². The van der Waals surface area contributed by atoms with Crippen LogP contribution in [0.2, 0.25) is 5.02 Å². The zero-order valence-corrected chi connectivity index (χ0v) is 21.5. The number of aryl methyl sites for hydroxylation is 1. The van der Waals surface area contributed by atoms with Crippen molar-refractivity contribution in [2.75, 3.05) is 37.7 Å². The maximum absolute atomic E-state index is 14.2. The van der Waals surface area contributed by atoms with Crippen molar-refractivity contribution in [1.29, 1.82) is 0 Å². The van der Waals surface area contributed by atoms with Gasteiger partial charge in [0.25, 0.3) is 5.91 Å². The van der Waals surface area contributed by atoms with E-state index in [9.17, 15) is 19.5 Å². The Morgan fingerprint density at radius 3 is 2.63 bits per heavy atom. The zero-order chi connectivity index (χ0) is 24.9. The summed E-state index contributed by atoms with van der Waals surface area (Å²) in [4.78, 5) is 46.8. The molecule has 7 nitrogen and oxygen atoms in total. The zero-order valence-electron chi connectivity index (χ0n) is 19.9. The lowest BCUT2D eigenvalue weighted by molar-refractivity contribution is -0.143. The molecule has 186 valence electrons. The average Bonchev–Trinajstić information content (AvgIpc) is 3.13. The summed E-state index contributed by atoms with van der Waals surface area (Å²) >= 11 is 8.08. The number of amides is 3. The molecule has 2 fully saturated rings. The number of hydrogen-bond acceptors (Lipinski definition) is 5. The first kappa shape index (κ1) is 24.4. The van der Waals surface area contributed by atoms with Crippen LogP contribution in [0.5, 0.6) is 0 Å². The van der Waals surface area contributed by atoms with Crippen LogP contribution in [0.4, 0.5) is 5.69 Å². The number of carbonyl (C=O) groups is 3. The van der Waals surface area contributed by atoms with Gasteiger partial charge in [-0.2, -0.15) is 0 Å². The molecule has 4 aliphatic rings. The van der Waals surface area contributed by atoms with E-state index >= 15 is 0 Å². The number of benzene rings is 1. The van der Waals surface area contributed by atoms with Crippen LogP contribution >= 0.6 is 23.4 Å². The van der Waals surface area contributed by atoms with E-state index in [4.69, 9.17) is 11.6 Å². The summed E-state index contributed by atoms with van der Waals surface area (Å²) in [5.41, 5.74) is 1.49. The number of hydrogen-bond donors (Lipinski definition) is 1. The molecule has 9 heteroatoms. The number of aliphatic hydroxyl groups is 1. The second-order valence-corrected chi connectivity index (χ2v) is 11.5. The number of anilines is 1. The lowest BCUT2D eigenvalue weighted by atomic mass is 9.78. The van der Waals surface area contributed by atoms with Crippen molar-refractivity contribution in [1.82, 2.24) is 9.80 Å². The molecule has 0 bridgehead atoms. The Kier molecular flexibility index (Phi) is 6.48. The Labute approximate surface area is 214 Å². The molecule has 0 saturated carbocycles. The highest BCUT2D eigenvalue weighted by atomic mass is 35.5. The van der Waals surface area contributed by atoms with Crippen LogP contribution in [-0.2, 0) is 14.4 Å². The van der Waals surface area contributed by atoms with Crippen LogP contribution in [0.3, 0.4) is 0 Å². The standard InChI is InChI=1S/C26H30ClN3O4S/c1-3-11-28-12-5-9-18-19(23(28)32)20-24(33)30(14-15-31)22-25(34)29(13-6-10-26(20,22)35-18)21-16(2)7-4-8-17(21)27/h4-10,18-20,22,31H,3,11-15H2,1-2H3/t18-,19+,20+,22?,26+/m1/s1. The number of carbonyl (C=O) groups excluding carboxylic acids is 3. The fraction of sp³-hybridized carbons (Fsp3) is 0.500. The van der Waals surface area contributed by atoms with E-state index in [-0.39, 0.29) is 36.1 Å². The van der Waals surface area contributed by atoms with Crippen molar-refractivity contribution in [2.24, 2.45) is 11.8 Å². The smallest absolute Gasteiger partial charge is 0.251 e. The molecule has 35 heavy (non-hydrogen) atoms. The van der Waals surface area contributed by atoms with Gasteiger partial charge in [-0.15, -0.1) is 11.8 Å². The molecule has 5 rings (SSSR count). The highest BCUT2D eigenvalue weighted by Crippen LogP contribution is 2.61. The third kappa shape index (κ3) is 3.64. The van der Waals surface area contributed by atoms with Crippen molar-refractivity contribution in [3.05, 3.63) is 53.1 Å². The molecular weight excluding hydrogens is 486 g/mol. The van der Waals surface area contributed by atoms with Gasteiger partial charge in [-0.25, -0.2) is 0 Å². The van der Waals surface area contributed by atoms with E-state index in [0.717, 1.165) is 12.0 Å². The predicted octanol–water partition coefficient (Wildman–Crippen LogP) is 2.65. The number of para-hydroxylation sites is 1. The third-order valence-corrected chi connectivity index (χ3v) is 9.58. The van der Waals surface area contributed by atoms with Gasteiger partial charge in [-0.3, -0.25) is 14.4 Å². The van der Waals surface area contributed by atoms with Crippen LogP contribution in [0.15, 0.2) is 42.5 Å². The van der Waals surface area contributed by atoms with Gasteiger partial charge < -0.3 is 19.8 Å². The SMILES string of the molecule is CCCN1CC=C[C@H]2S[C@]34C=CCN(c5c(C)cccc5Cl)C(=O)C3N(CCO)C(=O)[C@@H]4[C@H]2C1=O. The number of thioether (sulfide) groups is 1. The highest BCUT2D eigenvalue weighted by Gasteiger charge is 2.71. The predicted molar refractivity (Wildman–Crippen MR) is 137 cm³/mol. The van der Waals surface area contributed by atoms with Crippen LogP contribution < -0.4 is 4.90 Å². The third-order valence-electron chi connectivity index (χ3n) is 7.54. The molecule has 3 amide bonds. The molecule has 0 aliphatic carbocycles.